The second-order valence-electron chi connectivity index (χ2n) is 20.4. The Bertz CT molecular complexity index is 2470. The Balaban J connectivity index is 1.38. The third-order valence-corrected chi connectivity index (χ3v) is 12.8. The van der Waals surface area contributed by atoms with Gasteiger partial charge in [0.25, 0.3) is 0 Å². The minimum atomic E-state index is -0.145. The van der Waals surface area contributed by atoms with Gasteiger partial charge in [0.05, 0.1) is 5.69 Å². The summed E-state index contributed by atoms with van der Waals surface area (Å²) >= 11 is 0. The molecule has 0 heterocycles. The Hall–Kier alpha value is -4.88. The maximum absolute atomic E-state index is 2.56. The van der Waals surface area contributed by atoms with Crippen LogP contribution in [0.5, 0.6) is 0 Å². The van der Waals surface area contributed by atoms with E-state index in [-0.39, 0.29) is 27.1 Å². The summed E-state index contributed by atoms with van der Waals surface area (Å²) < 4.78 is 0. The molecule has 2 aliphatic rings. The molecule has 0 saturated carbocycles. The minimum absolute atomic E-state index is 0.0249. The molecule has 0 bridgehead atoms. The topological polar surface area (TPSA) is 3.24 Å². The molecule has 0 unspecified atom stereocenters. The van der Waals surface area contributed by atoms with E-state index in [9.17, 15) is 0 Å². The van der Waals surface area contributed by atoms with Gasteiger partial charge in [-0.15, -0.1) is 0 Å². The number of rotatable bonds is 4. The van der Waals surface area contributed by atoms with Crippen molar-refractivity contribution < 1.29 is 0 Å². The summed E-state index contributed by atoms with van der Waals surface area (Å²) in [6.45, 7) is 30.4. The molecule has 0 saturated heterocycles. The van der Waals surface area contributed by atoms with E-state index >= 15 is 0 Å². The smallest absolute Gasteiger partial charge is 0.0542 e. The van der Waals surface area contributed by atoms with Gasteiger partial charge in [-0.1, -0.05) is 181 Å². The normalized spacial score (nSPS) is 15.3. The molecule has 8 rings (SSSR count). The van der Waals surface area contributed by atoms with E-state index in [0.717, 1.165) is 0 Å². The number of hydrogen-bond donors (Lipinski definition) is 0. The molecule has 0 aliphatic heterocycles. The van der Waals surface area contributed by atoms with Crippen molar-refractivity contribution in [3.63, 3.8) is 0 Å². The number of anilines is 3. The lowest BCUT2D eigenvalue weighted by molar-refractivity contribution is 0.584. The molecule has 0 radical (unpaired) electrons. The van der Waals surface area contributed by atoms with Crippen LogP contribution in [0.2, 0.25) is 0 Å². The molecule has 0 atom stereocenters. The molecule has 0 N–H and O–H groups in total. The van der Waals surface area contributed by atoms with Gasteiger partial charge in [0.1, 0.15) is 0 Å². The van der Waals surface area contributed by atoms with Crippen molar-refractivity contribution in [1.29, 1.82) is 0 Å². The lowest BCUT2D eigenvalue weighted by Gasteiger charge is -2.32. The largest absolute Gasteiger partial charge is 0.310 e. The van der Waals surface area contributed by atoms with E-state index < -0.39 is 0 Å². The number of fused-ring (bicyclic) bond motifs is 6. The Kier molecular flexibility index (Phi) is 8.30. The van der Waals surface area contributed by atoms with E-state index in [2.05, 4.69) is 216 Å². The van der Waals surface area contributed by atoms with Crippen molar-refractivity contribution in [2.75, 3.05) is 4.90 Å². The van der Waals surface area contributed by atoms with Crippen LogP contribution in [0.1, 0.15) is 129 Å². The average molecular weight is 722 g/mol. The quantitative estimate of drug-likeness (QED) is 0.175. The molecule has 6 aromatic rings. The minimum Gasteiger partial charge on any atom is -0.310 e. The van der Waals surface area contributed by atoms with Crippen LogP contribution in [0.15, 0.2) is 121 Å². The highest BCUT2D eigenvalue weighted by Crippen LogP contribution is 2.54. The Labute approximate surface area is 331 Å². The molecule has 0 spiro atoms. The van der Waals surface area contributed by atoms with Crippen LogP contribution in [0.25, 0.3) is 33.4 Å². The van der Waals surface area contributed by atoms with E-state index in [0.29, 0.717) is 0 Å². The van der Waals surface area contributed by atoms with Crippen LogP contribution in [-0.2, 0) is 27.1 Å². The zero-order valence-electron chi connectivity index (χ0n) is 35.5. The van der Waals surface area contributed by atoms with E-state index in [1.807, 2.05) is 0 Å². The third kappa shape index (κ3) is 6.06. The first-order valence-electron chi connectivity index (χ1n) is 20.3. The first-order valence-corrected chi connectivity index (χ1v) is 20.3. The molecule has 1 heteroatoms. The molecule has 0 amide bonds. The van der Waals surface area contributed by atoms with E-state index in [4.69, 9.17) is 0 Å². The first kappa shape index (κ1) is 37.1. The molecular weight excluding hydrogens is 663 g/mol. The van der Waals surface area contributed by atoms with Crippen molar-refractivity contribution in [3.8, 4) is 33.4 Å². The van der Waals surface area contributed by atoms with E-state index in [1.165, 1.54) is 89.4 Å². The highest BCUT2D eigenvalue weighted by molar-refractivity contribution is 5.92. The highest BCUT2D eigenvalue weighted by Gasteiger charge is 2.39. The predicted octanol–water partition coefficient (Wildman–Crippen LogP) is 15.3. The van der Waals surface area contributed by atoms with Crippen molar-refractivity contribution in [3.05, 3.63) is 160 Å². The molecule has 0 aromatic heterocycles. The van der Waals surface area contributed by atoms with Gasteiger partial charge >= 0.3 is 0 Å². The predicted molar refractivity (Wildman–Crippen MR) is 238 cm³/mol. The molecule has 55 heavy (non-hydrogen) atoms. The summed E-state index contributed by atoms with van der Waals surface area (Å²) in [5, 5.41) is 0. The van der Waals surface area contributed by atoms with Gasteiger partial charge in [0.15, 0.2) is 0 Å². The zero-order valence-corrected chi connectivity index (χ0v) is 35.5. The van der Waals surface area contributed by atoms with Crippen LogP contribution in [-0.4, -0.2) is 0 Å². The summed E-state index contributed by atoms with van der Waals surface area (Å²) in [6, 6.07) is 47.0. The van der Waals surface area contributed by atoms with Crippen LogP contribution in [0.4, 0.5) is 17.1 Å². The maximum atomic E-state index is 2.56. The molecule has 2 aliphatic carbocycles. The fourth-order valence-corrected chi connectivity index (χ4v) is 9.17. The third-order valence-electron chi connectivity index (χ3n) is 12.8. The lowest BCUT2D eigenvalue weighted by atomic mass is 9.79. The summed E-state index contributed by atoms with van der Waals surface area (Å²) in [5.41, 5.74) is 20.9. The van der Waals surface area contributed by atoms with Gasteiger partial charge in [-0.05, 0) is 113 Å². The second kappa shape index (κ2) is 12.3. The first-order chi connectivity index (χ1) is 25.7. The fourth-order valence-electron chi connectivity index (χ4n) is 9.17. The van der Waals surface area contributed by atoms with Gasteiger partial charge in [-0.2, -0.15) is 0 Å². The Morgan fingerprint density at radius 2 is 0.764 bits per heavy atom. The van der Waals surface area contributed by atoms with Crippen molar-refractivity contribution >= 4 is 17.1 Å². The second-order valence-corrected chi connectivity index (χ2v) is 20.4. The standard InChI is InChI=1S/C54H59N/c1-50(2,3)35-20-18-34(19-21-35)40-26-22-37(52(7,8)9)31-49(40)55(38-24-28-43-41-16-14-15-17-45(41)53(10,11)47(43)32-38)39-25-29-44-42-27-23-36(51(4,5)6)30-46(42)54(12,13)48(44)33-39/h14-33H,1-13H3. The van der Waals surface area contributed by atoms with Gasteiger partial charge in [0, 0.05) is 27.8 Å². The van der Waals surface area contributed by atoms with Gasteiger partial charge in [-0.25, -0.2) is 0 Å². The lowest BCUT2D eigenvalue weighted by Crippen LogP contribution is -2.19. The van der Waals surface area contributed by atoms with Crippen LogP contribution >= 0.6 is 0 Å². The van der Waals surface area contributed by atoms with Gasteiger partial charge in [-0.3, -0.25) is 0 Å². The Morgan fingerprint density at radius 1 is 0.364 bits per heavy atom. The summed E-state index contributed by atoms with van der Waals surface area (Å²) in [6.07, 6.45) is 0. The summed E-state index contributed by atoms with van der Waals surface area (Å²) in [5.74, 6) is 0. The van der Waals surface area contributed by atoms with Crippen molar-refractivity contribution in [1.82, 2.24) is 0 Å². The van der Waals surface area contributed by atoms with Crippen molar-refractivity contribution in [2.24, 2.45) is 0 Å². The van der Waals surface area contributed by atoms with E-state index in [1.54, 1.807) is 0 Å². The molecular formula is C54H59N. The summed E-state index contributed by atoms with van der Waals surface area (Å²) in [4.78, 5) is 2.56. The van der Waals surface area contributed by atoms with Gasteiger partial charge < -0.3 is 4.90 Å². The number of nitrogens with zero attached hydrogens (tertiary/aromatic N) is 1. The monoisotopic (exact) mass is 721 g/mol. The molecule has 1 nitrogen and oxygen atoms in total. The zero-order chi connectivity index (χ0) is 39.5. The Morgan fingerprint density at radius 3 is 1.29 bits per heavy atom. The maximum Gasteiger partial charge on any atom is 0.0542 e. The molecule has 6 aromatic carbocycles. The average Bonchev–Trinajstić information content (AvgIpc) is 3.49. The van der Waals surface area contributed by atoms with Crippen LogP contribution in [0, 0.1) is 0 Å². The number of hydrogen-bond acceptors (Lipinski definition) is 1. The van der Waals surface area contributed by atoms with Crippen molar-refractivity contribution in [2.45, 2.75) is 117 Å². The van der Waals surface area contributed by atoms with Gasteiger partial charge in [0.2, 0.25) is 0 Å². The molecule has 0 fully saturated rings. The van der Waals surface area contributed by atoms with Crippen LogP contribution < -0.4 is 4.90 Å². The van der Waals surface area contributed by atoms with Crippen LogP contribution in [0.3, 0.4) is 0 Å². The summed E-state index contributed by atoms with van der Waals surface area (Å²) in [7, 11) is 0. The number of benzene rings is 6. The highest BCUT2D eigenvalue weighted by atomic mass is 15.1. The molecule has 280 valence electrons. The fraction of sp³-hybridized carbons (Fsp3) is 0.333. The SMILES string of the molecule is CC(C)(C)c1ccc(-c2ccc(C(C)(C)C)cc2N(c2ccc3c(c2)C(C)(C)c2ccccc2-3)c2ccc3c(c2)C(C)(C)c2cc(C(C)(C)C)ccc2-3)cc1.